The summed E-state index contributed by atoms with van der Waals surface area (Å²) in [6.45, 7) is 0.598. The number of alkyl halides is 3. The number of hydrogen-bond donors (Lipinski definition) is 1. The number of aryl methyl sites for hydroxylation is 1. The Morgan fingerprint density at radius 2 is 1.97 bits per heavy atom. The van der Waals surface area contributed by atoms with Gasteiger partial charge >= 0.3 is 12.1 Å². The normalized spacial score (nSPS) is 11.9. The highest BCUT2D eigenvalue weighted by Gasteiger charge is 2.31. The van der Waals surface area contributed by atoms with Crippen LogP contribution in [0.4, 0.5) is 13.2 Å². The van der Waals surface area contributed by atoms with Crippen LogP contribution >= 0.6 is 23.4 Å². The topological polar surface area (TPSA) is 68.0 Å². The van der Waals surface area contributed by atoms with E-state index in [0.717, 1.165) is 47.9 Å². The van der Waals surface area contributed by atoms with Crippen LogP contribution in [0.5, 0.6) is 0 Å². The average molecular weight is 444 g/mol. The molecule has 0 saturated heterocycles. The summed E-state index contributed by atoms with van der Waals surface area (Å²) in [4.78, 5) is 19.1. The van der Waals surface area contributed by atoms with Crippen LogP contribution in [0.1, 0.15) is 31.2 Å². The molecule has 0 bridgehead atoms. The number of benzene rings is 1. The van der Waals surface area contributed by atoms with Gasteiger partial charge in [0.05, 0.1) is 21.6 Å². The van der Waals surface area contributed by atoms with E-state index in [1.807, 2.05) is 28.8 Å². The molecule has 3 rings (SSSR count). The number of fused-ring (bicyclic) bond motifs is 1. The summed E-state index contributed by atoms with van der Waals surface area (Å²) in [5, 5.41) is 9.45. The van der Waals surface area contributed by atoms with Gasteiger partial charge in [0.2, 0.25) is 0 Å². The number of unbranched alkanes of at least 4 members (excludes halogenated alkanes) is 2. The number of hydrogen-bond acceptors (Lipinski definition) is 4. The Hall–Kier alpha value is -2.26. The van der Waals surface area contributed by atoms with Crippen LogP contribution in [0, 0.1) is 0 Å². The zero-order chi connectivity index (χ0) is 21.0. The van der Waals surface area contributed by atoms with E-state index in [1.165, 1.54) is 0 Å². The molecule has 0 aliphatic carbocycles. The Balaban J connectivity index is 1.82. The molecule has 0 amide bonds. The third kappa shape index (κ3) is 5.42. The minimum absolute atomic E-state index is 0.0927. The molecule has 1 N–H and O–H groups in total. The second kappa shape index (κ2) is 9.04. The van der Waals surface area contributed by atoms with Gasteiger partial charge in [-0.1, -0.05) is 30.2 Å². The van der Waals surface area contributed by atoms with Gasteiger partial charge in [-0.05, 0) is 42.8 Å². The smallest absolute Gasteiger partial charge is 0.417 e. The summed E-state index contributed by atoms with van der Waals surface area (Å²) in [7, 11) is 0. The van der Waals surface area contributed by atoms with Crippen LogP contribution in [0.25, 0.3) is 11.0 Å². The van der Waals surface area contributed by atoms with Gasteiger partial charge in [-0.3, -0.25) is 4.79 Å². The second-order valence-corrected chi connectivity index (χ2v) is 7.71. The zero-order valence-electron chi connectivity index (χ0n) is 15.1. The Bertz CT molecular complexity index is 1020. The van der Waals surface area contributed by atoms with Crippen molar-refractivity contribution in [2.75, 3.05) is 0 Å². The van der Waals surface area contributed by atoms with Gasteiger partial charge in [-0.2, -0.15) is 13.2 Å². The number of halogens is 4. The van der Waals surface area contributed by atoms with Crippen molar-refractivity contribution in [1.29, 1.82) is 0 Å². The van der Waals surface area contributed by atoms with Gasteiger partial charge in [0.1, 0.15) is 5.03 Å². The Labute approximate surface area is 173 Å². The fraction of sp³-hybridized carbons (Fsp3) is 0.316. The molecule has 3 aromatic rings. The van der Waals surface area contributed by atoms with Gasteiger partial charge in [0.25, 0.3) is 0 Å². The largest absolute Gasteiger partial charge is 0.481 e. The molecule has 2 heterocycles. The molecule has 2 aromatic heterocycles. The van der Waals surface area contributed by atoms with Crippen molar-refractivity contribution in [2.24, 2.45) is 0 Å². The fourth-order valence-electron chi connectivity index (χ4n) is 2.81. The Morgan fingerprint density at radius 1 is 1.21 bits per heavy atom. The van der Waals surface area contributed by atoms with Crippen LogP contribution in [0.15, 0.2) is 46.7 Å². The molecule has 1 aromatic carbocycles. The number of carbonyl (C=O) groups is 1. The van der Waals surface area contributed by atoms with E-state index in [9.17, 15) is 18.0 Å². The molecule has 0 saturated carbocycles. The number of rotatable bonds is 8. The first-order valence-corrected chi connectivity index (χ1v) is 10.0. The molecule has 0 fully saturated rings. The van der Waals surface area contributed by atoms with Crippen molar-refractivity contribution in [1.82, 2.24) is 14.5 Å². The van der Waals surface area contributed by atoms with Gasteiger partial charge in [-0.15, -0.1) is 0 Å². The van der Waals surface area contributed by atoms with Crippen LogP contribution in [0.3, 0.4) is 0 Å². The summed E-state index contributed by atoms with van der Waals surface area (Å²) in [5.74, 6) is -0.822. The van der Waals surface area contributed by atoms with E-state index in [1.54, 1.807) is 0 Å². The van der Waals surface area contributed by atoms with Gasteiger partial charge < -0.3 is 9.67 Å². The SMILES string of the molecule is O=C(O)CCCCCn1c(Sc2ncc(C(F)(F)F)cc2Cl)nc2ccccc21. The van der Waals surface area contributed by atoms with Crippen molar-refractivity contribution in [3.63, 3.8) is 0 Å². The molecule has 10 heteroatoms. The number of carboxylic acid groups (broad SMARTS) is 1. The lowest BCUT2D eigenvalue weighted by Gasteiger charge is -2.11. The van der Waals surface area contributed by atoms with E-state index >= 15 is 0 Å². The Kier molecular flexibility index (Phi) is 6.69. The molecule has 154 valence electrons. The number of carboxylic acids is 1. The first-order valence-electron chi connectivity index (χ1n) is 8.83. The van der Waals surface area contributed by atoms with E-state index in [4.69, 9.17) is 16.7 Å². The van der Waals surface area contributed by atoms with Crippen molar-refractivity contribution in [2.45, 2.75) is 48.6 Å². The molecule has 29 heavy (non-hydrogen) atoms. The minimum atomic E-state index is -4.51. The van der Waals surface area contributed by atoms with Crippen LogP contribution < -0.4 is 0 Å². The predicted molar refractivity (Wildman–Crippen MR) is 104 cm³/mol. The molecule has 0 unspecified atom stereocenters. The predicted octanol–water partition coefficient (Wildman–Crippen LogP) is 5.90. The maximum atomic E-state index is 12.8. The molecule has 0 aliphatic heterocycles. The highest BCUT2D eigenvalue weighted by atomic mass is 35.5. The number of pyridine rings is 1. The maximum Gasteiger partial charge on any atom is 0.417 e. The summed E-state index contributed by atoms with van der Waals surface area (Å²) in [6, 6.07) is 8.34. The number of nitrogens with zero attached hydrogens (tertiary/aromatic N) is 3. The highest BCUT2D eigenvalue weighted by Crippen LogP contribution is 2.37. The summed E-state index contributed by atoms with van der Waals surface area (Å²) in [6.07, 6.45) is -1.57. The summed E-state index contributed by atoms with van der Waals surface area (Å²) < 4.78 is 40.4. The van der Waals surface area contributed by atoms with Crippen molar-refractivity contribution < 1.29 is 23.1 Å². The number of aliphatic carboxylic acids is 1. The molecular weight excluding hydrogens is 427 g/mol. The molecule has 0 aliphatic rings. The van der Waals surface area contributed by atoms with Gasteiger partial charge in [0, 0.05) is 19.2 Å². The third-order valence-corrected chi connectivity index (χ3v) is 5.63. The quantitative estimate of drug-likeness (QED) is 0.439. The third-order valence-electron chi connectivity index (χ3n) is 4.21. The van der Waals surface area contributed by atoms with E-state index in [-0.39, 0.29) is 16.5 Å². The number of imidazole rings is 1. The molecule has 0 atom stereocenters. The van der Waals surface area contributed by atoms with Crippen molar-refractivity contribution in [3.05, 3.63) is 47.1 Å². The van der Waals surface area contributed by atoms with Crippen molar-refractivity contribution >= 4 is 40.4 Å². The number of para-hydroxylation sites is 2. The van der Waals surface area contributed by atoms with Crippen LogP contribution in [0.2, 0.25) is 5.02 Å². The standard InChI is InChI=1S/C19H17ClF3N3O2S/c20-13-10-12(19(21,22)23)11-24-17(13)29-18-25-14-6-3-4-7-15(14)26(18)9-5-1-2-8-16(27)28/h3-4,6-7,10-11H,1-2,5,8-9H2,(H,27,28). The fourth-order valence-corrected chi connectivity index (χ4v) is 3.97. The summed E-state index contributed by atoms with van der Waals surface area (Å²) >= 11 is 7.14. The molecular formula is C19H17ClF3N3O2S. The van der Waals surface area contributed by atoms with E-state index in [0.29, 0.717) is 18.1 Å². The van der Waals surface area contributed by atoms with Gasteiger partial charge in [0.15, 0.2) is 5.16 Å². The van der Waals surface area contributed by atoms with E-state index < -0.39 is 17.7 Å². The van der Waals surface area contributed by atoms with Crippen LogP contribution in [-0.2, 0) is 17.5 Å². The Morgan fingerprint density at radius 3 is 2.66 bits per heavy atom. The van der Waals surface area contributed by atoms with E-state index in [2.05, 4.69) is 9.97 Å². The minimum Gasteiger partial charge on any atom is -0.481 e. The molecule has 0 radical (unpaired) electrons. The first kappa shape index (κ1) is 21.4. The van der Waals surface area contributed by atoms with Crippen LogP contribution in [-0.4, -0.2) is 25.6 Å². The lowest BCUT2D eigenvalue weighted by Crippen LogP contribution is -2.06. The lowest BCUT2D eigenvalue weighted by molar-refractivity contribution is -0.138. The zero-order valence-corrected chi connectivity index (χ0v) is 16.7. The highest BCUT2D eigenvalue weighted by molar-refractivity contribution is 7.99. The van der Waals surface area contributed by atoms with Crippen molar-refractivity contribution in [3.8, 4) is 0 Å². The maximum absolute atomic E-state index is 12.8. The molecule has 0 spiro atoms. The monoisotopic (exact) mass is 443 g/mol. The number of aromatic nitrogens is 3. The second-order valence-electron chi connectivity index (χ2n) is 6.35. The lowest BCUT2D eigenvalue weighted by atomic mass is 10.2. The van der Waals surface area contributed by atoms with Gasteiger partial charge in [-0.25, -0.2) is 9.97 Å². The summed E-state index contributed by atoms with van der Waals surface area (Å²) in [5.41, 5.74) is 0.735. The average Bonchev–Trinajstić information content (AvgIpc) is 2.99. The molecule has 5 nitrogen and oxygen atoms in total. The first-order chi connectivity index (χ1) is 13.8.